The molecule has 118 valence electrons. The van der Waals surface area contributed by atoms with E-state index in [4.69, 9.17) is 4.74 Å². The fourth-order valence-electron chi connectivity index (χ4n) is 2.51. The van der Waals surface area contributed by atoms with Crippen molar-refractivity contribution in [3.05, 3.63) is 35.9 Å². The Labute approximate surface area is 138 Å². The number of nitrogens with one attached hydrogen (secondary N) is 1. The van der Waals surface area contributed by atoms with Crippen molar-refractivity contribution in [3.63, 3.8) is 0 Å². The molecule has 6 nitrogen and oxygen atoms in total. The van der Waals surface area contributed by atoms with Crippen molar-refractivity contribution in [1.29, 1.82) is 5.26 Å². The van der Waals surface area contributed by atoms with E-state index >= 15 is 0 Å². The maximum atomic E-state index is 12.2. The van der Waals surface area contributed by atoms with Crippen molar-refractivity contribution in [2.75, 3.05) is 18.2 Å². The van der Waals surface area contributed by atoms with Crippen LogP contribution in [0.15, 0.2) is 35.4 Å². The predicted molar refractivity (Wildman–Crippen MR) is 87.7 cm³/mol. The fourth-order valence-corrected chi connectivity index (χ4v) is 3.17. The topological polar surface area (TPSA) is 79.9 Å². The van der Waals surface area contributed by atoms with Crippen LogP contribution < -0.4 is 5.32 Å². The number of ether oxygens (including phenoxy) is 1. The summed E-state index contributed by atoms with van der Waals surface area (Å²) in [4.78, 5) is 12.2. The van der Waals surface area contributed by atoms with Gasteiger partial charge < -0.3 is 10.1 Å². The van der Waals surface area contributed by atoms with Crippen LogP contribution >= 0.6 is 11.8 Å². The molecule has 0 spiro atoms. The third kappa shape index (κ3) is 3.09. The summed E-state index contributed by atoms with van der Waals surface area (Å²) in [5.41, 5.74) is 1.21. The van der Waals surface area contributed by atoms with E-state index in [0.717, 1.165) is 12.1 Å². The molecule has 3 rings (SSSR count). The van der Waals surface area contributed by atoms with Crippen LogP contribution in [-0.4, -0.2) is 34.7 Å². The van der Waals surface area contributed by atoms with E-state index in [-0.39, 0.29) is 11.7 Å². The van der Waals surface area contributed by atoms with Gasteiger partial charge in [-0.2, -0.15) is 5.26 Å². The SMILES string of the molecule is CSc1c(C#N)c(NC(=O)[C@@H]2CCCO2)nn1-c1ccccc1. The minimum Gasteiger partial charge on any atom is -0.368 e. The van der Waals surface area contributed by atoms with Crippen LogP contribution in [0.5, 0.6) is 0 Å². The Bertz CT molecular complexity index is 745. The summed E-state index contributed by atoms with van der Waals surface area (Å²) in [5.74, 6) is 0.0329. The van der Waals surface area contributed by atoms with E-state index in [1.807, 2.05) is 36.6 Å². The van der Waals surface area contributed by atoms with Gasteiger partial charge in [-0.25, -0.2) is 4.68 Å². The van der Waals surface area contributed by atoms with Crippen LogP contribution in [0.4, 0.5) is 5.82 Å². The minimum atomic E-state index is -0.457. The molecule has 1 atom stereocenters. The zero-order valence-electron chi connectivity index (χ0n) is 12.7. The van der Waals surface area contributed by atoms with E-state index in [1.54, 1.807) is 4.68 Å². The summed E-state index contributed by atoms with van der Waals surface area (Å²) in [7, 11) is 0. The fraction of sp³-hybridized carbons (Fsp3) is 0.312. The Balaban J connectivity index is 1.96. The zero-order valence-corrected chi connectivity index (χ0v) is 13.5. The number of rotatable bonds is 4. The number of carbonyl (C=O) groups excluding carboxylic acids is 1. The van der Waals surface area contributed by atoms with E-state index in [9.17, 15) is 10.1 Å². The van der Waals surface area contributed by atoms with Crippen LogP contribution in [-0.2, 0) is 9.53 Å². The van der Waals surface area contributed by atoms with E-state index < -0.39 is 6.10 Å². The first-order valence-corrected chi connectivity index (χ1v) is 8.52. The van der Waals surface area contributed by atoms with Crippen molar-refractivity contribution in [1.82, 2.24) is 9.78 Å². The molecule has 0 radical (unpaired) electrons. The van der Waals surface area contributed by atoms with Crippen LogP contribution in [0.25, 0.3) is 5.69 Å². The Hall–Kier alpha value is -2.30. The van der Waals surface area contributed by atoms with Crippen molar-refractivity contribution in [2.45, 2.75) is 24.0 Å². The van der Waals surface area contributed by atoms with Crippen molar-refractivity contribution < 1.29 is 9.53 Å². The highest BCUT2D eigenvalue weighted by Gasteiger charge is 2.26. The molecule has 1 aromatic carbocycles. The molecule has 2 aromatic rings. The molecule has 1 aromatic heterocycles. The van der Waals surface area contributed by atoms with E-state index in [2.05, 4.69) is 16.5 Å². The summed E-state index contributed by atoms with van der Waals surface area (Å²) >= 11 is 1.42. The molecular weight excluding hydrogens is 312 g/mol. The standard InChI is InChI=1S/C16H16N4O2S/c1-23-16-12(10-17)14(18-15(21)13-8-5-9-22-13)19-20(16)11-6-3-2-4-7-11/h2-4,6-7,13H,5,8-9H2,1H3,(H,18,19,21)/t13-/m0/s1. The second-order valence-electron chi connectivity index (χ2n) is 5.08. The molecule has 7 heteroatoms. The smallest absolute Gasteiger partial charge is 0.254 e. The first-order chi connectivity index (χ1) is 11.2. The maximum absolute atomic E-state index is 12.2. The number of aromatic nitrogens is 2. The van der Waals surface area contributed by atoms with Gasteiger partial charge in [0.1, 0.15) is 22.8 Å². The van der Waals surface area contributed by atoms with Gasteiger partial charge in [0.2, 0.25) is 0 Å². The van der Waals surface area contributed by atoms with Crippen LogP contribution in [0, 0.1) is 11.3 Å². The Morgan fingerprint density at radius 2 is 2.26 bits per heavy atom. The van der Waals surface area contributed by atoms with Gasteiger partial charge in [0.15, 0.2) is 5.82 Å². The Morgan fingerprint density at radius 3 is 2.87 bits per heavy atom. The lowest BCUT2D eigenvalue weighted by Gasteiger charge is -2.08. The van der Waals surface area contributed by atoms with Gasteiger partial charge in [0.05, 0.1) is 5.69 Å². The van der Waals surface area contributed by atoms with Gasteiger partial charge >= 0.3 is 0 Å². The van der Waals surface area contributed by atoms with Crippen LogP contribution in [0.1, 0.15) is 18.4 Å². The summed E-state index contributed by atoms with van der Waals surface area (Å²) in [6.07, 6.45) is 2.99. The number of anilines is 1. The van der Waals surface area contributed by atoms with Crippen molar-refractivity contribution in [2.24, 2.45) is 0 Å². The van der Waals surface area contributed by atoms with Gasteiger partial charge in [-0.3, -0.25) is 4.79 Å². The van der Waals surface area contributed by atoms with Gasteiger partial charge in [-0.15, -0.1) is 16.9 Å². The third-order valence-electron chi connectivity index (χ3n) is 3.61. The molecule has 1 aliphatic heterocycles. The average Bonchev–Trinajstić information content (AvgIpc) is 3.23. The second kappa shape index (κ2) is 6.86. The average molecular weight is 328 g/mol. The molecule has 2 heterocycles. The number of nitriles is 1. The molecule has 0 saturated carbocycles. The number of hydrogen-bond donors (Lipinski definition) is 1. The molecule has 1 aliphatic rings. The highest BCUT2D eigenvalue weighted by Crippen LogP contribution is 2.29. The number of benzene rings is 1. The van der Waals surface area contributed by atoms with E-state index in [1.165, 1.54) is 11.8 Å². The Kier molecular flexibility index (Phi) is 4.65. The molecule has 0 unspecified atom stereocenters. The van der Waals surface area contributed by atoms with E-state index in [0.29, 0.717) is 23.6 Å². The van der Waals surface area contributed by atoms with Crippen LogP contribution in [0.3, 0.4) is 0 Å². The highest BCUT2D eigenvalue weighted by molar-refractivity contribution is 7.98. The number of nitrogens with zero attached hydrogens (tertiary/aromatic N) is 3. The molecule has 0 bridgehead atoms. The van der Waals surface area contributed by atoms with Gasteiger partial charge in [-0.05, 0) is 31.2 Å². The molecule has 1 amide bonds. The van der Waals surface area contributed by atoms with Crippen LogP contribution in [0.2, 0.25) is 0 Å². The molecule has 1 N–H and O–H groups in total. The highest BCUT2D eigenvalue weighted by atomic mass is 32.2. The lowest BCUT2D eigenvalue weighted by atomic mass is 10.2. The number of amides is 1. The Morgan fingerprint density at radius 1 is 1.48 bits per heavy atom. The summed E-state index contributed by atoms with van der Waals surface area (Å²) in [6.45, 7) is 0.595. The summed E-state index contributed by atoms with van der Waals surface area (Å²) < 4.78 is 7.05. The lowest BCUT2D eigenvalue weighted by Crippen LogP contribution is -2.27. The minimum absolute atomic E-state index is 0.246. The predicted octanol–water partition coefficient (Wildman–Crippen LogP) is 2.58. The van der Waals surface area contributed by atoms with Crippen molar-refractivity contribution >= 4 is 23.5 Å². The maximum Gasteiger partial charge on any atom is 0.254 e. The second-order valence-corrected chi connectivity index (χ2v) is 5.88. The largest absolute Gasteiger partial charge is 0.368 e. The quantitative estimate of drug-likeness (QED) is 0.873. The monoisotopic (exact) mass is 328 g/mol. The lowest BCUT2D eigenvalue weighted by molar-refractivity contribution is -0.124. The van der Waals surface area contributed by atoms with Gasteiger partial charge in [0, 0.05) is 6.61 Å². The number of hydrogen-bond acceptors (Lipinski definition) is 5. The van der Waals surface area contributed by atoms with Gasteiger partial charge in [-0.1, -0.05) is 18.2 Å². The molecule has 23 heavy (non-hydrogen) atoms. The third-order valence-corrected chi connectivity index (χ3v) is 4.38. The molecular formula is C16H16N4O2S. The summed E-state index contributed by atoms with van der Waals surface area (Å²) in [6, 6.07) is 11.7. The molecule has 1 fully saturated rings. The molecule has 1 saturated heterocycles. The zero-order chi connectivity index (χ0) is 16.2. The summed E-state index contributed by atoms with van der Waals surface area (Å²) in [5, 5.41) is 17.3. The number of para-hydroxylation sites is 1. The first kappa shape index (κ1) is 15.6. The first-order valence-electron chi connectivity index (χ1n) is 7.29. The van der Waals surface area contributed by atoms with Gasteiger partial charge in [0.25, 0.3) is 5.91 Å². The number of carbonyl (C=O) groups is 1. The number of thioether (sulfide) groups is 1. The normalized spacial score (nSPS) is 17.0. The van der Waals surface area contributed by atoms with Crippen molar-refractivity contribution in [3.8, 4) is 11.8 Å². The molecule has 0 aliphatic carbocycles.